The lowest BCUT2D eigenvalue weighted by molar-refractivity contribution is -0.134. The van der Waals surface area contributed by atoms with Crippen molar-refractivity contribution in [2.45, 2.75) is 52.1 Å². The van der Waals surface area contributed by atoms with Gasteiger partial charge >= 0.3 is 0 Å². The highest BCUT2D eigenvalue weighted by atomic mass is 16.2. The second kappa shape index (κ2) is 6.89. The van der Waals surface area contributed by atoms with E-state index in [-0.39, 0.29) is 18.0 Å². The maximum Gasteiger partial charge on any atom is 0.239 e. The first-order chi connectivity index (χ1) is 9.59. The minimum absolute atomic E-state index is 0.122. The minimum Gasteiger partial charge on any atom is -0.341 e. The third kappa shape index (κ3) is 3.60. The van der Waals surface area contributed by atoms with E-state index < -0.39 is 0 Å². The van der Waals surface area contributed by atoms with Crippen molar-refractivity contribution in [3.05, 3.63) is 35.4 Å². The average molecular weight is 274 g/mol. The van der Waals surface area contributed by atoms with Gasteiger partial charge in [-0.1, -0.05) is 24.3 Å². The molecule has 0 radical (unpaired) electrons. The van der Waals surface area contributed by atoms with Crippen LogP contribution in [0.2, 0.25) is 0 Å². The Bertz CT molecular complexity index is 452. The van der Waals surface area contributed by atoms with Crippen molar-refractivity contribution in [1.82, 2.24) is 10.2 Å². The zero-order chi connectivity index (χ0) is 14.5. The van der Waals surface area contributed by atoms with Gasteiger partial charge in [-0.15, -0.1) is 0 Å². The molecule has 2 atom stereocenters. The third-order valence-corrected chi connectivity index (χ3v) is 4.19. The Kier molecular flexibility index (Phi) is 5.18. The molecule has 3 nitrogen and oxygen atoms in total. The van der Waals surface area contributed by atoms with Gasteiger partial charge in [-0.3, -0.25) is 10.1 Å². The van der Waals surface area contributed by atoms with Gasteiger partial charge in [0.2, 0.25) is 5.91 Å². The summed E-state index contributed by atoms with van der Waals surface area (Å²) in [6, 6.07) is 8.42. The lowest BCUT2D eigenvalue weighted by Gasteiger charge is -2.31. The number of aryl methyl sites for hydroxylation is 1. The Hall–Kier alpha value is -1.35. The van der Waals surface area contributed by atoms with Crippen molar-refractivity contribution in [2.24, 2.45) is 0 Å². The van der Waals surface area contributed by atoms with Crippen LogP contribution in [0, 0.1) is 6.92 Å². The SMILES string of the molecule is Cc1ccccc1[C@@H](C)NC(C)C(=O)N1CCCCC1. The summed E-state index contributed by atoms with van der Waals surface area (Å²) in [7, 11) is 0. The molecule has 110 valence electrons. The van der Waals surface area contributed by atoms with Crippen molar-refractivity contribution < 1.29 is 4.79 Å². The van der Waals surface area contributed by atoms with E-state index in [1.165, 1.54) is 17.5 Å². The van der Waals surface area contributed by atoms with E-state index in [1.54, 1.807) is 0 Å². The van der Waals surface area contributed by atoms with Crippen LogP contribution in [0.5, 0.6) is 0 Å². The zero-order valence-corrected chi connectivity index (χ0v) is 12.9. The first kappa shape index (κ1) is 15.0. The highest BCUT2D eigenvalue weighted by Crippen LogP contribution is 2.18. The molecule has 3 heteroatoms. The lowest BCUT2D eigenvalue weighted by Crippen LogP contribution is -2.47. The first-order valence-electron chi connectivity index (χ1n) is 7.70. The number of rotatable bonds is 4. The van der Waals surface area contributed by atoms with Crippen LogP contribution in [0.3, 0.4) is 0 Å². The first-order valence-corrected chi connectivity index (χ1v) is 7.70. The van der Waals surface area contributed by atoms with Crippen molar-refractivity contribution >= 4 is 5.91 Å². The highest BCUT2D eigenvalue weighted by Gasteiger charge is 2.23. The van der Waals surface area contributed by atoms with E-state index in [0.717, 1.165) is 25.9 Å². The van der Waals surface area contributed by atoms with Gasteiger partial charge in [-0.2, -0.15) is 0 Å². The van der Waals surface area contributed by atoms with Crippen molar-refractivity contribution in [1.29, 1.82) is 0 Å². The second-order valence-electron chi connectivity index (χ2n) is 5.85. The van der Waals surface area contributed by atoms with Crippen LogP contribution in [0.25, 0.3) is 0 Å². The van der Waals surface area contributed by atoms with E-state index in [1.807, 2.05) is 17.9 Å². The quantitative estimate of drug-likeness (QED) is 0.915. The number of hydrogen-bond donors (Lipinski definition) is 1. The van der Waals surface area contributed by atoms with Gasteiger partial charge < -0.3 is 4.90 Å². The third-order valence-electron chi connectivity index (χ3n) is 4.19. The van der Waals surface area contributed by atoms with Crippen LogP contribution in [-0.4, -0.2) is 29.9 Å². The number of hydrogen-bond acceptors (Lipinski definition) is 2. The van der Waals surface area contributed by atoms with E-state index >= 15 is 0 Å². The molecule has 1 fully saturated rings. The van der Waals surface area contributed by atoms with Crippen molar-refractivity contribution in [3.63, 3.8) is 0 Å². The topological polar surface area (TPSA) is 32.3 Å². The molecular weight excluding hydrogens is 248 g/mol. The van der Waals surface area contributed by atoms with Gasteiger partial charge in [-0.25, -0.2) is 0 Å². The van der Waals surface area contributed by atoms with Gasteiger partial charge in [0, 0.05) is 19.1 Å². The van der Waals surface area contributed by atoms with Gasteiger partial charge in [0.05, 0.1) is 6.04 Å². The molecule has 1 aromatic carbocycles. The summed E-state index contributed by atoms with van der Waals surface area (Å²) in [5.41, 5.74) is 2.54. The predicted molar refractivity (Wildman–Crippen MR) is 82.6 cm³/mol. The predicted octanol–water partition coefficient (Wildman–Crippen LogP) is 3.05. The summed E-state index contributed by atoms with van der Waals surface area (Å²) in [5.74, 6) is 0.241. The maximum absolute atomic E-state index is 12.4. The van der Waals surface area contributed by atoms with E-state index in [4.69, 9.17) is 0 Å². The molecule has 1 N–H and O–H groups in total. The van der Waals surface area contributed by atoms with Crippen LogP contribution >= 0.6 is 0 Å². The van der Waals surface area contributed by atoms with Crippen LogP contribution in [0.4, 0.5) is 0 Å². The van der Waals surface area contributed by atoms with E-state index in [9.17, 15) is 4.79 Å². The Balaban J connectivity index is 1.95. The molecule has 1 amide bonds. The Morgan fingerprint density at radius 1 is 1.15 bits per heavy atom. The summed E-state index contributed by atoms with van der Waals surface area (Å²) in [6.45, 7) is 8.06. The number of nitrogens with zero attached hydrogens (tertiary/aromatic N) is 1. The molecule has 0 saturated carbocycles. The van der Waals surface area contributed by atoms with Gasteiger partial charge in [-0.05, 0) is 51.2 Å². The fourth-order valence-electron chi connectivity index (χ4n) is 3.00. The number of benzene rings is 1. The van der Waals surface area contributed by atoms with Crippen LogP contribution < -0.4 is 5.32 Å². The largest absolute Gasteiger partial charge is 0.341 e. The number of nitrogens with one attached hydrogen (secondary N) is 1. The van der Waals surface area contributed by atoms with Crippen molar-refractivity contribution in [3.8, 4) is 0 Å². The number of likely N-dealkylation sites (tertiary alicyclic amines) is 1. The summed E-state index contributed by atoms with van der Waals surface area (Å²) in [4.78, 5) is 14.4. The van der Waals surface area contributed by atoms with Crippen LogP contribution in [0.15, 0.2) is 24.3 Å². The summed E-state index contributed by atoms with van der Waals surface area (Å²) in [6.07, 6.45) is 3.54. The summed E-state index contributed by atoms with van der Waals surface area (Å²) >= 11 is 0. The van der Waals surface area contributed by atoms with Crippen molar-refractivity contribution in [2.75, 3.05) is 13.1 Å². The molecule has 0 aliphatic carbocycles. The fraction of sp³-hybridized carbons (Fsp3) is 0.588. The van der Waals surface area contributed by atoms with Crippen LogP contribution in [0.1, 0.15) is 50.3 Å². The zero-order valence-electron chi connectivity index (χ0n) is 12.9. The normalized spacial score (nSPS) is 18.6. The molecule has 1 saturated heterocycles. The maximum atomic E-state index is 12.4. The highest BCUT2D eigenvalue weighted by molar-refractivity contribution is 5.81. The summed E-state index contributed by atoms with van der Waals surface area (Å²) in [5, 5.41) is 3.44. The van der Waals surface area contributed by atoms with Gasteiger partial charge in [0.15, 0.2) is 0 Å². The molecule has 0 aromatic heterocycles. The number of carbonyl (C=O) groups excluding carboxylic acids is 1. The molecular formula is C17H26N2O. The second-order valence-corrected chi connectivity index (χ2v) is 5.85. The van der Waals surface area contributed by atoms with E-state index in [0.29, 0.717) is 0 Å². The Labute approximate surface area is 122 Å². The molecule has 1 unspecified atom stereocenters. The number of carbonyl (C=O) groups is 1. The molecule has 1 aliphatic rings. The number of piperidine rings is 1. The molecule has 1 aromatic rings. The molecule has 1 heterocycles. The van der Waals surface area contributed by atoms with E-state index in [2.05, 4.69) is 37.4 Å². The monoisotopic (exact) mass is 274 g/mol. The Morgan fingerprint density at radius 2 is 1.80 bits per heavy atom. The minimum atomic E-state index is -0.122. The molecule has 2 rings (SSSR count). The summed E-state index contributed by atoms with van der Waals surface area (Å²) < 4.78 is 0. The lowest BCUT2D eigenvalue weighted by atomic mass is 10.0. The Morgan fingerprint density at radius 3 is 2.45 bits per heavy atom. The van der Waals surface area contributed by atoms with Crippen LogP contribution in [-0.2, 0) is 4.79 Å². The van der Waals surface area contributed by atoms with Gasteiger partial charge in [0.1, 0.15) is 0 Å². The molecule has 20 heavy (non-hydrogen) atoms. The fourth-order valence-corrected chi connectivity index (χ4v) is 3.00. The number of amides is 1. The molecule has 0 spiro atoms. The average Bonchev–Trinajstić information content (AvgIpc) is 2.47. The smallest absolute Gasteiger partial charge is 0.239 e. The standard InChI is InChI=1S/C17H26N2O/c1-13-9-5-6-10-16(13)14(2)18-15(3)17(20)19-11-7-4-8-12-19/h5-6,9-10,14-15,18H,4,7-8,11-12H2,1-3H3/t14-,15?/m1/s1. The molecule has 0 bridgehead atoms. The van der Waals surface area contributed by atoms with Gasteiger partial charge in [0.25, 0.3) is 0 Å². The molecule has 1 aliphatic heterocycles.